The molecule has 4 aliphatic rings. The fourth-order valence-electron chi connectivity index (χ4n) is 10.2. The fraction of sp³-hybridized carbons (Fsp3) is 1.00. The van der Waals surface area contributed by atoms with Gasteiger partial charge < -0.3 is 15.7 Å². The Labute approximate surface area is 266 Å². The van der Waals surface area contributed by atoms with Gasteiger partial charge in [0.05, 0.1) is 12.2 Å². The van der Waals surface area contributed by atoms with E-state index in [-0.39, 0.29) is 12.0 Å². The number of azide groups is 1. The first-order chi connectivity index (χ1) is 20.9. The predicted octanol–water partition coefficient (Wildman–Crippen LogP) is 6.51. The Morgan fingerprint density at radius 1 is 1.00 bits per heavy atom. The molecule has 10 nitrogen and oxygen atoms in total. The van der Waals surface area contributed by atoms with Gasteiger partial charge in [0.25, 0.3) is 0 Å². The first kappa shape index (κ1) is 35.9. The summed E-state index contributed by atoms with van der Waals surface area (Å²) in [4.78, 5) is 2.79. The van der Waals surface area contributed by atoms with Crippen molar-refractivity contribution in [3.05, 3.63) is 10.4 Å². The van der Waals surface area contributed by atoms with Crippen LogP contribution in [0.1, 0.15) is 111 Å². The second-order valence-electron chi connectivity index (χ2n) is 15.4. The summed E-state index contributed by atoms with van der Waals surface area (Å²) in [6.07, 6.45) is 13.4. The Kier molecular flexibility index (Phi) is 13.3. The van der Waals surface area contributed by atoms with Gasteiger partial charge in [-0.15, -0.1) is 0 Å². The molecule has 0 spiro atoms. The van der Waals surface area contributed by atoms with Crippen LogP contribution in [0.4, 0.5) is 0 Å². The molecule has 4 aliphatic carbocycles. The SMILES string of the molecule is CC(C)[C@@H](CC[C@@H](C)[C@H]1CCC2C3C(CCC21)[C@@]1(C)CC[C@H](NCCCNCCCCN=[N+]=[N-])C[C@@H]1C[C@H]3O)OS(=O)(=O)O. The minimum Gasteiger partial charge on any atom is -0.393 e. The number of nitrogens with zero attached hydrogens (tertiary/aromatic N) is 3. The minimum absolute atomic E-state index is 0.0161. The highest BCUT2D eigenvalue weighted by Gasteiger charge is 2.59. The predicted molar refractivity (Wildman–Crippen MR) is 174 cm³/mol. The van der Waals surface area contributed by atoms with E-state index in [0.717, 1.165) is 51.7 Å². The quantitative estimate of drug-likeness (QED) is 0.0464. The van der Waals surface area contributed by atoms with Crippen molar-refractivity contribution < 1.29 is 22.3 Å². The highest BCUT2D eigenvalue weighted by atomic mass is 32.3. The Hall–Kier alpha value is -0.940. The number of hydrogen-bond acceptors (Lipinski definition) is 7. The molecule has 0 heterocycles. The maximum Gasteiger partial charge on any atom is 0.397 e. The van der Waals surface area contributed by atoms with E-state index in [1.165, 1.54) is 44.9 Å². The van der Waals surface area contributed by atoms with Crippen LogP contribution >= 0.6 is 0 Å². The molecule has 0 aliphatic heterocycles. The molecule has 4 fully saturated rings. The van der Waals surface area contributed by atoms with Gasteiger partial charge in [-0.05, 0) is 161 Å². The van der Waals surface area contributed by atoms with E-state index in [4.69, 9.17) is 9.71 Å². The van der Waals surface area contributed by atoms with E-state index in [0.29, 0.717) is 65.8 Å². The minimum atomic E-state index is -4.45. The number of rotatable bonds is 17. The Balaban J connectivity index is 1.24. The zero-order valence-electron chi connectivity index (χ0n) is 27.7. The summed E-state index contributed by atoms with van der Waals surface area (Å²) in [5.41, 5.74) is 8.66. The maximum atomic E-state index is 11.7. The Bertz CT molecular complexity index is 1060. The summed E-state index contributed by atoms with van der Waals surface area (Å²) < 4.78 is 37.0. The first-order valence-corrected chi connectivity index (χ1v) is 19.1. The lowest BCUT2D eigenvalue weighted by atomic mass is 9.46. The first-order valence-electron chi connectivity index (χ1n) is 17.7. The molecule has 4 N–H and O–H groups in total. The molecule has 0 aromatic rings. The van der Waals surface area contributed by atoms with Gasteiger partial charge in [0.1, 0.15) is 0 Å². The monoisotopic (exact) mass is 639 g/mol. The fourth-order valence-corrected chi connectivity index (χ4v) is 10.9. The number of nitrogens with one attached hydrogen (secondary N) is 2. The largest absolute Gasteiger partial charge is 0.397 e. The standard InChI is InChI=1S/C33H61N5O5S/c1-22(2)31(43-44(40,41)42)13-8-23(3)26-9-10-28-27(26)11-12-29-32(28)30(39)21-24-20-25(14-15-33(24,29)4)36-18-7-17-35-16-5-6-19-37-38-34/h22-32,35-36,39H,5-21H2,1-4H3,(H,40,41,42)/t23-,24-,25+,26-,27?,28?,29?,30-,31-,32?,33+/m1/s1. The summed E-state index contributed by atoms with van der Waals surface area (Å²) in [7, 11) is -4.45. The van der Waals surface area contributed by atoms with Gasteiger partial charge in [-0.3, -0.25) is 4.55 Å². The highest BCUT2D eigenvalue weighted by molar-refractivity contribution is 7.80. The molecule has 44 heavy (non-hydrogen) atoms. The van der Waals surface area contributed by atoms with Crippen LogP contribution in [0.2, 0.25) is 0 Å². The lowest BCUT2D eigenvalue weighted by molar-refractivity contribution is -0.149. The zero-order valence-corrected chi connectivity index (χ0v) is 28.6. The van der Waals surface area contributed by atoms with Crippen LogP contribution in [0.3, 0.4) is 0 Å². The second kappa shape index (κ2) is 16.2. The van der Waals surface area contributed by atoms with E-state index in [1.54, 1.807) is 0 Å². The maximum absolute atomic E-state index is 11.7. The lowest BCUT2D eigenvalue weighted by Gasteiger charge is -2.60. The van der Waals surface area contributed by atoms with Crippen LogP contribution in [0, 0.1) is 52.8 Å². The summed E-state index contributed by atoms with van der Waals surface area (Å²) in [6, 6.07) is 0.549. The molecule has 4 rings (SSSR count). The molecule has 11 atom stereocenters. The van der Waals surface area contributed by atoms with Gasteiger partial charge >= 0.3 is 10.4 Å². The highest BCUT2D eigenvalue weighted by Crippen LogP contribution is 2.64. The van der Waals surface area contributed by atoms with Crippen LogP contribution in [0.15, 0.2) is 5.11 Å². The van der Waals surface area contributed by atoms with Gasteiger partial charge in [-0.1, -0.05) is 32.8 Å². The third kappa shape index (κ3) is 9.11. The number of aliphatic hydroxyl groups excluding tert-OH is 1. The smallest absolute Gasteiger partial charge is 0.393 e. The topological polar surface area (TPSA) is 157 Å². The summed E-state index contributed by atoms with van der Waals surface area (Å²) in [5.74, 6) is 3.97. The third-order valence-electron chi connectivity index (χ3n) is 12.6. The third-order valence-corrected chi connectivity index (χ3v) is 13.1. The average Bonchev–Trinajstić information content (AvgIpc) is 3.40. The van der Waals surface area contributed by atoms with Crippen molar-refractivity contribution in [3.63, 3.8) is 0 Å². The number of aliphatic hydroxyl groups is 1. The molecule has 0 aromatic carbocycles. The van der Waals surface area contributed by atoms with E-state index < -0.39 is 16.5 Å². The normalized spacial score (nSPS) is 36.6. The number of unbranched alkanes of at least 4 members (excludes halogenated alkanes) is 1. The Morgan fingerprint density at radius 3 is 2.48 bits per heavy atom. The molecule has 0 bridgehead atoms. The van der Waals surface area contributed by atoms with Crippen molar-refractivity contribution in [2.24, 2.45) is 57.9 Å². The van der Waals surface area contributed by atoms with Gasteiger partial charge in [-0.2, -0.15) is 8.42 Å². The average molecular weight is 640 g/mol. The summed E-state index contributed by atoms with van der Waals surface area (Å²) in [5, 5.41) is 22.6. The van der Waals surface area contributed by atoms with Gasteiger partial charge in [0, 0.05) is 17.5 Å². The molecular weight excluding hydrogens is 578 g/mol. The molecule has 254 valence electrons. The van der Waals surface area contributed by atoms with Crippen molar-refractivity contribution in [2.45, 2.75) is 129 Å². The molecule has 0 radical (unpaired) electrons. The van der Waals surface area contributed by atoms with Crippen molar-refractivity contribution in [1.29, 1.82) is 0 Å². The van der Waals surface area contributed by atoms with Crippen LogP contribution in [0.25, 0.3) is 10.4 Å². The van der Waals surface area contributed by atoms with E-state index in [2.05, 4.69) is 34.5 Å². The molecule has 0 aromatic heterocycles. The van der Waals surface area contributed by atoms with Crippen molar-refractivity contribution in [3.8, 4) is 0 Å². The van der Waals surface area contributed by atoms with Gasteiger partial charge in [0.2, 0.25) is 0 Å². The molecule has 0 saturated heterocycles. The van der Waals surface area contributed by atoms with E-state index in [9.17, 15) is 18.1 Å². The van der Waals surface area contributed by atoms with Gasteiger partial charge in [0.15, 0.2) is 0 Å². The summed E-state index contributed by atoms with van der Waals surface area (Å²) in [6.45, 7) is 12.3. The molecule has 0 amide bonds. The summed E-state index contributed by atoms with van der Waals surface area (Å²) >= 11 is 0. The lowest BCUT2D eigenvalue weighted by Crippen LogP contribution is -2.57. The van der Waals surface area contributed by atoms with Crippen molar-refractivity contribution in [2.75, 3.05) is 26.2 Å². The molecule has 4 unspecified atom stereocenters. The van der Waals surface area contributed by atoms with Crippen LogP contribution in [0.5, 0.6) is 0 Å². The number of fused-ring (bicyclic) bond motifs is 5. The second-order valence-corrected chi connectivity index (χ2v) is 16.4. The van der Waals surface area contributed by atoms with Crippen LogP contribution in [-0.4, -0.2) is 62.5 Å². The van der Waals surface area contributed by atoms with Crippen molar-refractivity contribution in [1.82, 2.24) is 10.6 Å². The molecular formula is C33H61N5O5S. The zero-order chi connectivity index (χ0) is 31.9. The van der Waals surface area contributed by atoms with Crippen molar-refractivity contribution >= 4 is 10.4 Å². The van der Waals surface area contributed by atoms with E-state index >= 15 is 0 Å². The molecule has 4 saturated carbocycles. The number of hydrogen-bond donors (Lipinski definition) is 4. The van der Waals surface area contributed by atoms with Crippen LogP contribution in [-0.2, 0) is 14.6 Å². The van der Waals surface area contributed by atoms with Gasteiger partial charge in [-0.25, -0.2) is 4.18 Å². The van der Waals surface area contributed by atoms with Crippen LogP contribution < -0.4 is 10.6 Å². The molecule has 11 heteroatoms. The van der Waals surface area contributed by atoms with E-state index in [1.807, 2.05) is 13.8 Å². The Morgan fingerprint density at radius 2 is 1.75 bits per heavy atom.